The highest BCUT2D eigenvalue weighted by atomic mass is 16.4. The first-order chi connectivity index (χ1) is 5.95. The van der Waals surface area contributed by atoms with Crippen LogP contribution in [0.2, 0.25) is 0 Å². The number of hydrogen-bond donors (Lipinski definition) is 2. The fraction of sp³-hybridized carbons (Fsp3) is 0.625. The molecule has 0 radical (unpaired) electrons. The van der Waals surface area contributed by atoms with Gasteiger partial charge in [-0.05, 0) is 0 Å². The molecule has 0 heterocycles. The Labute approximate surface area is 76.6 Å². The molecule has 0 rings (SSSR count). The van der Waals surface area contributed by atoms with Crippen LogP contribution in [0.3, 0.4) is 0 Å². The molecule has 74 valence electrons. The van der Waals surface area contributed by atoms with Crippen molar-refractivity contribution in [2.45, 2.75) is 20.3 Å². The van der Waals surface area contributed by atoms with E-state index in [0.29, 0.717) is 0 Å². The first kappa shape index (κ1) is 11.6. The Morgan fingerprint density at radius 2 is 2.00 bits per heavy atom. The second-order valence-corrected chi connectivity index (χ2v) is 2.93. The summed E-state index contributed by atoms with van der Waals surface area (Å²) >= 11 is 0. The van der Waals surface area contributed by atoms with E-state index in [9.17, 15) is 9.59 Å². The maximum Gasteiger partial charge on any atom is 0.305 e. The Morgan fingerprint density at radius 1 is 1.46 bits per heavy atom. The number of nitrogens with two attached hydrogens (primary N) is 1. The summed E-state index contributed by atoms with van der Waals surface area (Å²) in [6, 6.07) is 0. The van der Waals surface area contributed by atoms with Crippen LogP contribution in [0.4, 0.5) is 0 Å². The van der Waals surface area contributed by atoms with E-state index >= 15 is 0 Å². The second-order valence-electron chi connectivity index (χ2n) is 2.93. The molecule has 5 heteroatoms. The summed E-state index contributed by atoms with van der Waals surface area (Å²) in [6.07, 6.45) is -0.105. The average molecular weight is 186 g/mol. The molecule has 0 aromatic heterocycles. The van der Waals surface area contributed by atoms with Gasteiger partial charge in [0.25, 0.3) is 0 Å². The van der Waals surface area contributed by atoms with E-state index in [-0.39, 0.29) is 30.5 Å². The van der Waals surface area contributed by atoms with Gasteiger partial charge in [-0.2, -0.15) is 0 Å². The Morgan fingerprint density at radius 3 is 2.38 bits per heavy atom. The highest BCUT2D eigenvalue weighted by Gasteiger charge is 2.11. The quantitative estimate of drug-likeness (QED) is 0.468. The lowest BCUT2D eigenvalue weighted by molar-refractivity contribution is -0.136. The largest absolute Gasteiger partial charge is 0.481 e. The van der Waals surface area contributed by atoms with Crippen molar-refractivity contribution in [3.8, 4) is 0 Å². The van der Waals surface area contributed by atoms with Crippen LogP contribution in [0.15, 0.2) is 4.99 Å². The van der Waals surface area contributed by atoms with Crippen LogP contribution >= 0.6 is 0 Å². The second kappa shape index (κ2) is 5.29. The van der Waals surface area contributed by atoms with E-state index in [1.807, 2.05) is 0 Å². The molecule has 0 aliphatic heterocycles. The lowest BCUT2D eigenvalue weighted by Crippen LogP contribution is -2.28. The van der Waals surface area contributed by atoms with Gasteiger partial charge in [0.15, 0.2) is 11.6 Å². The molecule has 0 spiro atoms. The Balaban J connectivity index is 4.02. The number of carbonyl (C=O) groups excluding carboxylic acids is 1. The normalized spacial score (nSPS) is 11.8. The number of ketones is 1. The number of rotatable bonds is 5. The third-order valence-electron chi connectivity index (χ3n) is 1.38. The molecule has 0 aromatic rings. The predicted octanol–water partition coefficient (Wildman–Crippen LogP) is 0.0434. The van der Waals surface area contributed by atoms with Gasteiger partial charge in [0.1, 0.15) is 0 Å². The van der Waals surface area contributed by atoms with Crippen molar-refractivity contribution in [1.29, 1.82) is 0 Å². The van der Waals surface area contributed by atoms with Crippen LogP contribution < -0.4 is 5.73 Å². The lowest BCUT2D eigenvalue weighted by atomic mass is 10.1. The molecule has 0 aromatic carbocycles. The van der Waals surface area contributed by atoms with E-state index in [4.69, 9.17) is 10.8 Å². The van der Waals surface area contributed by atoms with E-state index in [1.165, 1.54) is 0 Å². The third kappa shape index (κ3) is 4.95. The fourth-order valence-corrected chi connectivity index (χ4v) is 0.646. The standard InChI is InChI=1S/C8H14N2O3/c1-5(2)7(13)8(9)10-4-3-6(11)12/h5H,3-4H2,1-2H3,(H2,9,10)(H,11,12). The van der Waals surface area contributed by atoms with Gasteiger partial charge in [-0.3, -0.25) is 14.6 Å². The Bertz CT molecular complexity index is 234. The van der Waals surface area contributed by atoms with E-state index in [0.717, 1.165) is 0 Å². The highest BCUT2D eigenvalue weighted by molar-refractivity contribution is 6.38. The van der Waals surface area contributed by atoms with Gasteiger partial charge >= 0.3 is 5.97 Å². The summed E-state index contributed by atoms with van der Waals surface area (Å²) in [5.74, 6) is -1.48. The monoisotopic (exact) mass is 186 g/mol. The number of nitrogens with zero attached hydrogens (tertiary/aromatic N) is 1. The van der Waals surface area contributed by atoms with Crippen molar-refractivity contribution >= 4 is 17.6 Å². The van der Waals surface area contributed by atoms with Gasteiger partial charge in [0.2, 0.25) is 0 Å². The van der Waals surface area contributed by atoms with Crippen LogP contribution in [0.1, 0.15) is 20.3 Å². The zero-order valence-electron chi connectivity index (χ0n) is 7.78. The maximum absolute atomic E-state index is 11.1. The van der Waals surface area contributed by atoms with Crippen molar-refractivity contribution in [3.63, 3.8) is 0 Å². The molecule has 0 bridgehead atoms. The summed E-state index contributed by atoms with van der Waals surface area (Å²) in [6.45, 7) is 3.48. The molecule has 0 aliphatic rings. The van der Waals surface area contributed by atoms with E-state index in [1.54, 1.807) is 13.8 Å². The minimum absolute atomic E-state index is 0.0552. The number of aliphatic imine (C=N–C) groups is 1. The first-order valence-corrected chi connectivity index (χ1v) is 4.01. The van der Waals surface area contributed by atoms with Crippen LogP contribution in [-0.2, 0) is 9.59 Å². The maximum atomic E-state index is 11.1. The summed E-state index contributed by atoms with van der Waals surface area (Å²) in [5.41, 5.74) is 5.31. The minimum atomic E-state index is -0.950. The molecule has 0 aliphatic carbocycles. The molecular weight excluding hydrogens is 172 g/mol. The van der Waals surface area contributed by atoms with Crippen LogP contribution in [0.25, 0.3) is 0 Å². The summed E-state index contributed by atoms with van der Waals surface area (Å²) in [5, 5.41) is 8.28. The van der Waals surface area contributed by atoms with Crippen molar-refractivity contribution in [2.24, 2.45) is 16.6 Å². The fourth-order valence-electron chi connectivity index (χ4n) is 0.646. The van der Waals surface area contributed by atoms with Crippen molar-refractivity contribution in [3.05, 3.63) is 0 Å². The zero-order chi connectivity index (χ0) is 10.4. The van der Waals surface area contributed by atoms with E-state index in [2.05, 4.69) is 4.99 Å². The van der Waals surface area contributed by atoms with Crippen molar-refractivity contribution in [2.75, 3.05) is 6.54 Å². The molecule has 0 atom stereocenters. The Kier molecular flexibility index (Phi) is 4.72. The molecule has 3 N–H and O–H groups in total. The summed E-state index contributed by atoms with van der Waals surface area (Å²) in [4.78, 5) is 24.9. The Hall–Kier alpha value is -1.39. The third-order valence-corrected chi connectivity index (χ3v) is 1.38. The number of carbonyl (C=O) groups is 2. The molecule has 0 fully saturated rings. The van der Waals surface area contributed by atoms with Gasteiger partial charge in [0, 0.05) is 5.92 Å². The number of hydrogen-bond acceptors (Lipinski definition) is 3. The SMILES string of the molecule is CC(C)C(=O)C(N)=NCCC(=O)O. The average Bonchev–Trinajstić information content (AvgIpc) is 2.02. The van der Waals surface area contributed by atoms with Crippen molar-refractivity contribution < 1.29 is 14.7 Å². The molecule has 0 unspecified atom stereocenters. The van der Waals surface area contributed by atoms with Crippen LogP contribution in [0, 0.1) is 5.92 Å². The molecule has 0 saturated carbocycles. The molecule has 0 saturated heterocycles. The molecule has 13 heavy (non-hydrogen) atoms. The van der Waals surface area contributed by atoms with Gasteiger partial charge < -0.3 is 10.8 Å². The van der Waals surface area contributed by atoms with Crippen molar-refractivity contribution in [1.82, 2.24) is 0 Å². The van der Waals surface area contributed by atoms with Gasteiger partial charge in [-0.15, -0.1) is 0 Å². The van der Waals surface area contributed by atoms with E-state index < -0.39 is 5.97 Å². The van der Waals surface area contributed by atoms with Crippen LogP contribution in [0.5, 0.6) is 0 Å². The summed E-state index contributed by atoms with van der Waals surface area (Å²) < 4.78 is 0. The van der Waals surface area contributed by atoms with Gasteiger partial charge in [-0.1, -0.05) is 13.8 Å². The highest BCUT2D eigenvalue weighted by Crippen LogP contribution is 1.94. The molecule has 5 nitrogen and oxygen atoms in total. The minimum Gasteiger partial charge on any atom is -0.481 e. The van der Waals surface area contributed by atoms with Crippen LogP contribution in [-0.4, -0.2) is 29.2 Å². The molecular formula is C8H14N2O3. The number of amidine groups is 1. The topological polar surface area (TPSA) is 92.8 Å². The predicted molar refractivity (Wildman–Crippen MR) is 48.6 cm³/mol. The number of carboxylic acid groups (broad SMARTS) is 1. The zero-order valence-corrected chi connectivity index (χ0v) is 7.78. The lowest BCUT2D eigenvalue weighted by Gasteiger charge is -2.01. The number of carboxylic acids is 1. The smallest absolute Gasteiger partial charge is 0.305 e. The number of aliphatic carboxylic acids is 1. The van der Waals surface area contributed by atoms with Gasteiger partial charge in [-0.25, -0.2) is 0 Å². The van der Waals surface area contributed by atoms with Gasteiger partial charge in [0.05, 0.1) is 13.0 Å². The molecule has 0 amide bonds. The number of Topliss-reactive ketones (excluding diaryl/α,β-unsaturated/α-hetero) is 1. The first-order valence-electron chi connectivity index (χ1n) is 4.01. The summed E-state index contributed by atoms with van der Waals surface area (Å²) in [7, 11) is 0.